The molecule has 0 saturated heterocycles. The lowest BCUT2D eigenvalue weighted by Gasteiger charge is -2.32. The second-order valence-corrected chi connectivity index (χ2v) is 11.0. The van der Waals surface area contributed by atoms with E-state index in [1.165, 1.54) is 38.5 Å². The van der Waals surface area contributed by atoms with Gasteiger partial charge < -0.3 is 0 Å². The zero-order valence-corrected chi connectivity index (χ0v) is 17.1. The molecule has 0 amide bonds. The summed E-state index contributed by atoms with van der Waals surface area (Å²) in [4.78, 5) is 0. The van der Waals surface area contributed by atoms with E-state index in [4.69, 9.17) is 0 Å². The summed E-state index contributed by atoms with van der Waals surface area (Å²) >= 11 is 0. The molecule has 0 nitrogen and oxygen atoms in total. The second kappa shape index (κ2) is 8.22. The van der Waals surface area contributed by atoms with Crippen molar-refractivity contribution in [3.63, 3.8) is 0 Å². The number of rotatable bonds is 4. The third-order valence-corrected chi connectivity index (χ3v) is 9.86. The molecule has 0 radical (unpaired) electrons. The summed E-state index contributed by atoms with van der Waals surface area (Å²) in [5, 5.41) is 4.81. The monoisotopic (exact) mass is 358 g/mol. The maximum absolute atomic E-state index is 2.52. The van der Waals surface area contributed by atoms with E-state index in [0.717, 1.165) is 5.92 Å². The fourth-order valence-corrected chi connectivity index (χ4v) is 8.28. The van der Waals surface area contributed by atoms with Gasteiger partial charge in [-0.25, -0.2) is 0 Å². The minimum atomic E-state index is -1.34. The van der Waals surface area contributed by atoms with E-state index in [-0.39, 0.29) is 0 Å². The van der Waals surface area contributed by atoms with E-state index in [1.54, 1.807) is 21.1 Å². The van der Waals surface area contributed by atoms with Crippen molar-refractivity contribution in [1.82, 2.24) is 0 Å². The first-order chi connectivity index (χ1) is 12.8. The lowest BCUT2D eigenvalue weighted by molar-refractivity contribution is 0.387. The Labute approximate surface area is 160 Å². The van der Waals surface area contributed by atoms with Crippen molar-refractivity contribution in [1.29, 1.82) is 0 Å². The largest absolute Gasteiger partial charge is 0.128 e. The lowest BCUT2D eigenvalue weighted by Crippen LogP contribution is -2.46. The van der Waals surface area contributed by atoms with Gasteiger partial charge in [-0.05, 0) is 31.1 Å². The van der Waals surface area contributed by atoms with Crippen molar-refractivity contribution in [2.45, 2.75) is 45.4 Å². The van der Waals surface area contributed by atoms with Crippen molar-refractivity contribution in [3.8, 4) is 0 Å². The van der Waals surface area contributed by atoms with Crippen LogP contribution in [0.25, 0.3) is 0 Å². The van der Waals surface area contributed by atoms with Gasteiger partial charge >= 0.3 is 0 Å². The first-order valence-corrected chi connectivity index (χ1v) is 12.1. The molecule has 0 aliphatic heterocycles. The van der Waals surface area contributed by atoms with Crippen LogP contribution in [-0.4, -0.2) is 8.80 Å². The van der Waals surface area contributed by atoms with Crippen molar-refractivity contribution in [2.75, 3.05) is 0 Å². The highest BCUT2D eigenvalue weighted by Gasteiger charge is 2.29. The molecule has 0 bridgehead atoms. The Morgan fingerprint density at radius 3 is 1.85 bits per heavy atom. The van der Waals surface area contributed by atoms with E-state index in [0.29, 0.717) is 5.92 Å². The SMILES string of the molecule is CC1CC(C2CCCCC2)=CC=C1[SiH](c1ccccc1)c1ccccc1. The smallest absolute Gasteiger partial charge is 0.0712 e. The molecule has 2 aromatic rings. The fraction of sp³-hybridized carbons (Fsp3) is 0.360. The number of allylic oxidation sites excluding steroid dienone is 4. The van der Waals surface area contributed by atoms with Crippen LogP contribution < -0.4 is 10.4 Å². The molecular weight excluding hydrogens is 328 g/mol. The molecule has 0 spiro atoms. The van der Waals surface area contributed by atoms with Crippen molar-refractivity contribution < 1.29 is 0 Å². The van der Waals surface area contributed by atoms with Gasteiger partial charge in [-0.2, -0.15) is 0 Å². The Hall–Kier alpha value is -1.86. The van der Waals surface area contributed by atoms with E-state index < -0.39 is 8.80 Å². The summed E-state index contributed by atoms with van der Waals surface area (Å²) in [7, 11) is -1.34. The van der Waals surface area contributed by atoms with E-state index in [1.807, 2.05) is 0 Å². The standard InChI is InChI=1S/C25H30Si/c1-20-19-22(21-11-5-2-6-12-21)17-18-25(20)26(23-13-7-3-8-14-23)24-15-9-4-10-16-24/h3-4,7-10,13-18,20-21,26H,2,5-6,11-12,19H2,1H3. The van der Waals surface area contributed by atoms with E-state index >= 15 is 0 Å². The molecule has 0 aromatic heterocycles. The summed E-state index contributed by atoms with van der Waals surface area (Å²) in [6.45, 7) is 2.47. The highest BCUT2D eigenvalue weighted by Crippen LogP contribution is 2.37. The third kappa shape index (κ3) is 3.78. The predicted octanol–water partition coefficient (Wildman–Crippen LogP) is 5.04. The predicted molar refractivity (Wildman–Crippen MR) is 116 cm³/mol. The Balaban J connectivity index is 1.69. The van der Waals surface area contributed by atoms with Crippen LogP contribution in [0.1, 0.15) is 45.4 Å². The van der Waals surface area contributed by atoms with Crippen LogP contribution in [0.3, 0.4) is 0 Å². The fourth-order valence-electron chi connectivity index (χ4n) is 4.93. The van der Waals surface area contributed by atoms with Crippen LogP contribution >= 0.6 is 0 Å². The molecule has 0 heterocycles. The molecule has 1 unspecified atom stereocenters. The number of benzene rings is 2. The van der Waals surface area contributed by atoms with E-state index in [9.17, 15) is 0 Å². The first-order valence-electron chi connectivity index (χ1n) is 10.3. The lowest BCUT2D eigenvalue weighted by atomic mass is 9.79. The van der Waals surface area contributed by atoms with Crippen LogP contribution in [0, 0.1) is 11.8 Å². The molecule has 2 aliphatic rings. The maximum Gasteiger partial charge on any atom is 0.128 e. The number of hydrogen-bond acceptors (Lipinski definition) is 0. The topological polar surface area (TPSA) is 0 Å². The molecule has 26 heavy (non-hydrogen) atoms. The third-order valence-electron chi connectivity index (χ3n) is 6.33. The van der Waals surface area contributed by atoms with Crippen LogP contribution in [0.4, 0.5) is 0 Å². The van der Waals surface area contributed by atoms with E-state index in [2.05, 4.69) is 79.7 Å². The Bertz CT molecular complexity index is 727. The van der Waals surface area contributed by atoms with Gasteiger partial charge in [0, 0.05) is 0 Å². The molecule has 0 N–H and O–H groups in total. The van der Waals surface area contributed by atoms with Gasteiger partial charge in [0.25, 0.3) is 0 Å². The Kier molecular flexibility index (Phi) is 5.55. The van der Waals surface area contributed by atoms with Gasteiger partial charge in [-0.15, -0.1) is 0 Å². The van der Waals surface area contributed by atoms with Crippen LogP contribution in [0.2, 0.25) is 0 Å². The zero-order valence-electron chi connectivity index (χ0n) is 15.9. The Morgan fingerprint density at radius 1 is 0.731 bits per heavy atom. The molecule has 134 valence electrons. The van der Waals surface area contributed by atoms with Gasteiger partial charge in [0.15, 0.2) is 0 Å². The van der Waals surface area contributed by atoms with Gasteiger partial charge in [0.05, 0.1) is 0 Å². The maximum atomic E-state index is 2.52. The average molecular weight is 359 g/mol. The quantitative estimate of drug-likeness (QED) is 0.672. The molecule has 2 aromatic carbocycles. The number of hydrogen-bond donors (Lipinski definition) is 0. The highest BCUT2D eigenvalue weighted by atomic mass is 28.3. The minimum Gasteiger partial charge on any atom is -0.0712 e. The zero-order chi connectivity index (χ0) is 17.8. The average Bonchev–Trinajstić information content (AvgIpc) is 2.72. The summed E-state index contributed by atoms with van der Waals surface area (Å²) in [5.41, 5.74) is 1.73. The second-order valence-electron chi connectivity index (χ2n) is 8.10. The summed E-state index contributed by atoms with van der Waals surface area (Å²) in [5.74, 6) is 1.53. The van der Waals surface area contributed by atoms with Crippen LogP contribution in [0.15, 0.2) is 83.6 Å². The minimum absolute atomic E-state index is 0.675. The normalized spacial score (nSPS) is 21.4. The van der Waals surface area contributed by atoms with Crippen molar-refractivity contribution in [3.05, 3.63) is 83.6 Å². The molecule has 4 rings (SSSR count). The van der Waals surface area contributed by atoms with Gasteiger partial charge in [0.2, 0.25) is 0 Å². The van der Waals surface area contributed by atoms with Gasteiger partial charge in [0.1, 0.15) is 8.80 Å². The molecule has 2 aliphatic carbocycles. The summed E-state index contributed by atoms with van der Waals surface area (Å²) < 4.78 is 0. The van der Waals surface area contributed by atoms with Crippen molar-refractivity contribution in [2.24, 2.45) is 11.8 Å². The summed E-state index contributed by atoms with van der Waals surface area (Å²) in [6, 6.07) is 22.5. The van der Waals surface area contributed by atoms with Crippen LogP contribution in [-0.2, 0) is 0 Å². The molecule has 1 heteroatoms. The molecular formula is C25H30Si. The highest BCUT2D eigenvalue weighted by molar-refractivity contribution is 6.91. The van der Waals surface area contributed by atoms with Crippen LogP contribution in [0.5, 0.6) is 0 Å². The van der Waals surface area contributed by atoms with Crippen molar-refractivity contribution >= 4 is 19.2 Å². The first kappa shape index (κ1) is 17.5. The Morgan fingerprint density at radius 2 is 1.31 bits per heavy atom. The molecule has 1 fully saturated rings. The molecule has 1 saturated carbocycles. The molecule has 1 atom stereocenters. The summed E-state index contributed by atoms with van der Waals surface area (Å²) in [6.07, 6.45) is 13.4. The van der Waals surface area contributed by atoms with Gasteiger partial charge in [-0.1, -0.05) is 120 Å². The van der Waals surface area contributed by atoms with Gasteiger partial charge in [-0.3, -0.25) is 0 Å².